The summed E-state index contributed by atoms with van der Waals surface area (Å²) in [5.74, 6) is -0.103. The first-order valence-corrected chi connectivity index (χ1v) is 3.87. The number of sulfonamides is 1. The summed E-state index contributed by atoms with van der Waals surface area (Å²) in [4.78, 5) is 12.3. The predicted molar refractivity (Wildman–Crippen MR) is 30.8 cm³/mol. The molecule has 0 saturated carbocycles. The number of hydrogen-bond acceptors (Lipinski definition) is 3. The molecule has 9 heavy (non-hydrogen) atoms. The zero-order valence-corrected chi connectivity index (χ0v) is 5.68. The van der Waals surface area contributed by atoms with Gasteiger partial charge in [-0.15, -0.1) is 0 Å². The van der Waals surface area contributed by atoms with Gasteiger partial charge in [0.05, 0.1) is 5.75 Å². The number of nitrogens with one attached hydrogen (secondary N) is 1. The average molecular weight is 151 g/mol. The van der Waals surface area contributed by atoms with Crippen molar-refractivity contribution in [1.29, 1.82) is 0 Å². The van der Waals surface area contributed by atoms with Crippen LogP contribution in [0.1, 0.15) is 6.92 Å². The molecule has 0 aliphatic heterocycles. The van der Waals surface area contributed by atoms with E-state index in [1.165, 1.54) is 6.92 Å². The van der Waals surface area contributed by atoms with Crippen LogP contribution in [-0.2, 0) is 14.8 Å². The standard InChI is InChI=1S/C3H7N2O3S/c1-2-9(7,8)5-4-3-6/h3H,2H2,1H3,(H,4,6). The minimum atomic E-state index is -3.40. The fraction of sp³-hybridized carbons (Fsp3) is 0.667. The van der Waals surface area contributed by atoms with Crippen LogP contribution in [0.25, 0.3) is 0 Å². The van der Waals surface area contributed by atoms with Crippen molar-refractivity contribution in [2.45, 2.75) is 6.92 Å². The van der Waals surface area contributed by atoms with Gasteiger partial charge in [0.15, 0.2) is 0 Å². The summed E-state index contributed by atoms with van der Waals surface area (Å²) in [5.41, 5.74) is 1.70. The Bertz CT molecular complexity index is 173. The van der Waals surface area contributed by atoms with Crippen LogP contribution in [0.4, 0.5) is 0 Å². The van der Waals surface area contributed by atoms with Gasteiger partial charge in [-0.1, -0.05) is 0 Å². The number of carbonyl (C=O) groups is 1. The van der Waals surface area contributed by atoms with E-state index < -0.39 is 10.0 Å². The molecule has 53 valence electrons. The Hall–Kier alpha value is -0.620. The van der Waals surface area contributed by atoms with Crippen LogP contribution in [0.2, 0.25) is 0 Å². The number of nitrogens with zero attached hydrogens (tertiary/aromatic N) is 1. The normalized spacial score (nSPS) is 10.8. The molecule has 6 heteroatoms. The van der Waals surface area contributed by atoms with E-state index >= 15 is 0 Å². The van der Waals surface area contributed by atoms with E-state index in [4.69, 9.17) is 0 Å². The number of amides is 1. The molecule has 0 aliphatic carbocycles. The molecule has 1 amide bonds. The van der Waals surface area contributed by atoms with Gasteiger partial charge < -0.3 is 0 Å². The molecule has 0 saturated heterocycles. The van der Waals surface area contributed by atoms with Gasteiger partial charge in [0.2, 0.25) is 16.4 Å². The Morgan fingerprint density at radius 1 is 1.67 bits per heavy atom. The largest absolute Gasteiger partial charge is 0.277 e. The molecular formula is C3H7N2O3S. The Balaban J connectivity index is 3.74. The molecule has 0 aromatic heterocycles. The molecule has 0 aliphatic rings. The van der Waals surface area contributed by atoms with Gasteiger partial charge in [-0.3, -0.25) is 10.2 Å². The highest BCUT2D eigenvalue weighted by Crippen LogP contribution is 1.78. The van der Waals surface area contributed by atoms with Crippen molar-refractivity contribution in [2.24, 2.45) is 0 Å². The maximum atomic E-state index is 10.4. The second-order valence-electron chi connectivity index (χ2n) is 1.21. The number of hydrogen-bond donors (Lipinski definition) is 1. The summed E-state index contributed by atoms with van der Waals surface area (Å²) in [5, 5.41) is 0. The van der Waals surface area contributed by atoms with Gasteiger partial charge in [-0.25, -0.2) is 8.42 Å². The van der Waals surface area contributed by atoms with Crippen LogP contribution in [0, 0.1) is 0 Å². The number of rotatable bonds is 4. The van der Waals surface area contributed by atoms with Crippen LogP contribution >= 0.6 is 0 Å². The minimum Gasteiger partial charge on any atom is -0.277 e. The smallest absolute Gasteiger partial charge is 0.246 e. The second kappa shape index (κ2) is 3.41. The number of carbonyl (C=O) groups excluding carboxylic acids is 1. The van der Waals surface area contributed by atoms with Crippen LogP contribution < -0.4 is 10.3 Å². The van der Waals surface area contributed by atoms with Gasteiger partial charge in [-0.05, 0) is 11.8 Å². The fourth-order valence-corrected chi connectivity index (χ4v) is 0.499. The Kier molecular flexibility index (Phi) is 3.18. The molecule has 0 aromatic carbocycles. The quantitative estimate of drug-likeness (QED) is 0.396. The molecule has 0 rings (SSSR count). The Labute approximate surface area is 53.5 Å². The molecule has 1 radical (unpaired) electrons. The van der Waals surface area contributed by atoms with E-state index in [0.717, 1.165) is 0 Å². The van der Waals surface area contributed by atoms with E-state index in [0.29, 0.717) is 0 Å². The third kappa shape index (κ3) is 3.92. The van der Waals surface area contributed by atoms with Crippen molar-refractivity contribution in [2.75, 3.05) is 5.75 Å². The highest BCUT2D eigenvalue weighted by atomic mass is 32.2. The maximum absolute atomic E-state index is 10.4. The molecule has 5 nitrogen and oxygen atoms in total. The summed E-state index contributed by atoms with van der Waals surface area (Å²) in [6, 6.07) is 0. The van der Waals surface area contributed by atoms with E-state index in [1.54, 1.807) is 5.43 Å². The summed E-state index contributed by atoms with van der Waals surface area (Å²) >= 11 is 0. The van der Waals surface area contributed by atoms with Crippen LogP contribution in [0.15, 0.2) is 0 Å². The summed E-state index contributed by atoms with van der Waals surface area (Å²) < 4.78 is 20.7. The molecule has 0 atom stereocenters. The lowest BCUT2D eigenvalue weighted by Crippen LogP contribution is -2.29. The molecular weight excluding hydrogens is 144 g/mol. The second-order valence-corrected chi connectivity index (χ2v) is 3.13. The maximum Gasteiger partial charge on any atom is 0.246 e. The summed E-state index contributed by atoms with van der Waals surface area (Å²) in [7, 11) is -3.40. The average Bonchev–Trinajstić information content (AvgIpc) is 1.84. The van der Waals surface area contributed by atoms with Crippen molar-refractivity contribution in [3.63, 3.8) is 0 Å². The minimum absolute atomic E-state index is 0.103. The van der Waals surface area contributed by atoms with Gasteiger partial charge >= 0.3 is 0 Å². The third-order valence-corrected chi connectivity index (χ3v) is 1.72. The first-order valence-electron chi connectivity index (χ1n) is 2.26. The lowest BCUT2D eigenvalue weighted by atomic mass is 11.0. The SMILES string of the molecule is CCS(=O)(=O)[N]NC=O. The van der Waals surface area contributed by atoms with Crippen LogP contribution in [-0.4, -0.2) is 20.6 Å². The molecule has 0 heterocycles. The Morgan fingerprint density at radius 3 is 2.56 bits per heavy atom. The van der Waals surface area contributed by atoms with Crippen LogP contribution in [0.3, 0.4) is 0 Å². The molecule has 0 spiro atoms. The zero-order chi connectivity index (χ0) is 7.33. The van der Waals surface area contributed by atoms with E-state index in [2.05, 4.69) is 4.83 Å². The monoisotopic (exact) mass is 151 g/mol. The van der Waals surface area contributed by atoms with Gasteiger partial charge in [0.25, 0.3) is 0 Å². The Morgan fingerprint density at radius 2 is 2.22 bits per heavy atom. The van der Waals surface area contributed by atoms with E-state index in [9.17, 15) is 13.2 Å². The fourth-order valence-electron chi connectivity index (χ4n) is 0.166. The first-order chi connectivity index (χ1) is 4.12. The van der Waals surface area contributed by atoms with Gasteiger partial charge in [-0.2, -0.15) is 0 Å². The molecule has 1 N–H and O–H groups in total. The zero-order valence-electron chi connectivity index (χ0n) is 4.86. The third-order valence-electron chi connectivity index (χ3n) is 0.609. The lowest BCUT2D eigenvalue weighted by Gasteiger charge is -1.94. The van der Waals surface area contributed by atoms with E-state index in [1.807, 2.05) is 0 Å². The first kappa shape index (κ1) is 8.38. The predicted octanol–water partition coefficient (Wildman–Crippen LogP) is -1.40. The topological polar surface area (TPSA) is 77.3 Å². The highest BCUT2D eigenvalue weighted by Gasteiger charge is 2.05. The van der Waals surface area contributed by atoms with E-state index in [-0.39, 0.29) is 12.2 Å². The van der Waals surface area contributed by atoms with Gasteiger partial charge in [0, 0.05) is 0 Å². The molecule has 0 aromatic rings. The molecule has 0 fully saturated rings. The van der Waals surface area contributed by atoms with Crippen molar-refractivity contribution >= 4 is 16.4 Å². The van der Waals surface area contributed by atoms with Crippen LogP contribution in [0.5, 0.6) is 0 Å². The van der Waals surface area contributed by atoms with Crippen molar-refractivity contribution in [3.05, 3.63) is 0 Å². The van der Waals surface area contributed by atoms with Crippen molar-refractivity contribution in [1.82, 2.24) is 10.3 Å². The summed E-state index contributed by atoms with van der Waals surface area (Å²) in [6.07, 6.45) is 0.202. The highest BCUT2D eigenvalue weighted by molar-refractivity contribution is 7.89. The van der Waals surface area contributed by atoms with Crippen molar-refractivity contribution in [3.8, 4) is 0 Å². The lowest BCUT2D eigenvalue weighted by molar-refractivity contribution is -0.110. The molecule has 0 unspecified atom stereocenters. The summed E-state index contributed by atoms with van der Waals surface area (Å²) in [6.45, 7) is 1.44. The van der Waals surface area contributed by atoms with Gasteiger partial charge in [0.1, 0.15) is 0 Å². The van der Waals surface area contributed by atoms with Crippen molar-refractivity contribution < 1.29 is 13.2 Å². The molecule has 0 bridgehead atoms.